The molecule has 0 unspecified atom stereocenters. The van der Waals surface area contributed by atoms with E-state index in [1.807, 2.05) is 32.0 Å². The van der Waals surface area contributed by atoms with Crippen LogP contribution in [0.1, 0.15) is 25.8 Å². The lowest BCUT2D eigenvalue weighted by molar-refractivity contribution is -0.121. The van der Waals surface area contributed by atoms with Gasteiger partial charge in [-0.2, -0.15) is 0 Å². The van der Waals surface area contributed by atoms with Crippen LogP contribution in [0.5, 0.6) is 0 Å². The van der Waals surface area contributed by atoms with Crippen molar-refractivity contribution in [1.82, 2.24) is 9.62 Å². The van der Waals surface area contributed by atoms with Gasteiger partial charge in [-0.3, -0.25) is 4.79 Å². The van der Waals surface area contributed by atoms with E-state index in [0.29, 0.717) is 30.5 Å². The van der Waals surface area contributed by atoms with Crippen molar-refractivity contribution in [2.45, 2.75) is 26.7 Å². The van der Waals surface area contributed by atoms with Crippen molar-refractivity contribution in [2.75, 3.05) is 25.9 Å². The molecule has 0 aromatic heterocycles. The molecule has 0 radical (unpaired) electrons. The Morgan fingerprint density at radius 1 is 1.30 bits per heavy atom. The second-order valence-corrected chi connectivity index (χ2v) is 8.41. The molecule has 0 saturated carbocycles. The van der Waals surface area contributed by atoms with Crippen molar-refractivity contribution in [3.8, 4) is 0 Å². The molecule has 1 aromatic carbocycles. The predicted octanol–water partition coefficient (Wildman–Crippen LogP) is 2.31. The average Bonchev–Trinajstić information content (AvgIpc) is 2.43. The maximum absolute atomic E-state index is 11.9. The zero-order valence-electron chi connectivity index (χ0n) is 13.9. The van der Waals surface area contributed by atoms with Gasteiger partial charge >= 0.3 is 0 Å². The summed E-state index contributed by atoms with van der Waals surface area (Å²) in [6, 6.07) is 7.33. The molecule has 1 aromatic rings. The van der Waals surface area contributed by atoms with Crippen LogP contribution < -0.4 is 5.32 Å². The largest absolute Gasteiger partial charge is 0.356 e. The summed E-state index contributed by atoms with van der Waals surface area (Å²) in [7, 11) is -3.35. The highest BCUT2D eigenvalue weighted by Crippen LogP contribution is 2.12. The summed E-state index contributed by atoms with van der Waals surface area (Å²) in [5, 5.41) is 3.42. The SMILES string of the molecule is CC(C)CNC(=O)CCN(CCc1cccc(Cl)c1)S(C)(=O)=O. The molecule has 0 heterocycles. The summed E-state index contributed by atoms with van der Waals surface area (Å²) in [5.74, 6) is 0.239. The van der Waals surface area contributed by atoms with E-state index >= 15 is 0 Å². The number of nitrogens with one attached hydrogen (secondary N) is 1. The van der Waals surface area contributed by atoms with E-state index in [-0.39, 0.29) is 18.9 Å². The Morgan fingerprint density at radius 2 is 2.00 bits per heavy atom. The molecule has 0 aliphatic carbocycles. The Hall–Kier alpha value is -1.11. The van der Waals surface area contributed by atoms with Gasteiger partial charge < -0.3 is 5.32 Å². The zero-order chi connectivity index (χ0) is 17.5. The molecule has 1 N–H and O–H groups in total. The van der Waals surface area contributed by atoms with E-state index in [4.69, 9.17) is 11.6 Å². The number of sulfonamides is 1. The van der Waals surface area contributed by atoms with E-state index in [0.717, 1.165) is 11.8 Å². The summed E-state index contributed by atoms with van der Waals surface area (Å²) in [6.07, 6.45) is 1.88. The van der Waals surface area contributed by atoms with Crippen LogP contribution in [0.3, 0.4) is 0 Å². The van der Waals surface area contributed by atoms with E-state index in [2.05, 4.69) is 5.32 Å². The minimum atomic E-state index is -3.35. The highest BCUT2D eigenvalue weighted by atomic mass is 35.5. The minimum Gasteiger partial charge on any atom is -0.356 e. The van der Waals surface area contributed by atoms with Crippen molar-refractivity contribution in [2.24, 2.45) is 5.92 Å². The molecule has 5 nitrogen and oxygen atoms in total. The third kappa shape index (κ3) is 8.34. The van der Waals surface area contributed by atoms with Crippen LogP contribution in [0.2, 0.25) is 5.02 Å². The topological polar surface area (TPSA) is 66.5 Å². The van der Waals surface area contributed by atoms with Crippen LogP contribution in [0, 0.1) is 5.92 Å². The fraction of sp³-hybridized carbons (Fsp3) is 0.562. The molecule has 23 heavy (non-hydrogen) atoms. The number of carbonyl (C=O) groups is 1. The Labute approximate surface area is 144 Å². The highest BCUT2D eigenvalue weighted by molar-refractivity contribution is 7.88. The van der Waals surface area contributed by atoms with Crippen molar-refractivity contribution in [3.05, 3.63) is 34.9 Å². The summed E-state index contributed by atoms with van der Waals surface area (Å²) in [6.45, 7) is 5.13. The van der Waals surface area contributed by atoms with Crippen molar-refractivity contribution in [1.29, 1.82) is 0 Å². The van der Waals surface area contributed by atoms with E-state index in [1.54, 1.807) is 6.07 Å². The molecule has 1 amide bonds. The van der Waals surface area contributed by atoms with Gasteiger partial charge in [-0.15, -0.1) is 0 Å². The number of carbonyl (C=O) groups excluding carboxylic acids is 1. The highest BCUT2D eigenvalue weighted by Gasteiger charge is 2.17. The van der Waals surface area contributed by atoms with Crippen molar-refractivity contribution < 1.29 is 13.2 Å². The standard InChI is InChI=1S/C16H25ClN2O3S/c1-13(2)12-18-16(20)8-10-19(23(3,21)22)9-7-14-5-4-6-15(17)11-14/h4-6,11,13H,7-10,12H2,1-3H3,(H,18,20). The quantitative estimate of drug-likeness (QED) is 0.734. The van der Waals surface area contributed by atoms with Gasteiger partial charge in [0.05, 0.1) is 6.26 Å². The molecule has 0 atom stereocenters. The monoisotopic (exact) mass is 360 g/mol. The van der Waals surface area contributed by atoms with Gasteiger partial charge in [0, 0.05) is 31.1 Å². The smallest absolute Gasteiger partial charge is 0.221 e. The van der Waals surface area contributed by atoms with Crippen molar-refractivity contribution >= 4 is 27.5 Å². The number of rotatable bonds is 9. The Kier molecular flexibility index (Phi) is 8.02. The lowest BCUT2D eigenvalue weighted by Crippen LogP contribution is -2.36. The Morgan fingerprint density at radius 3 is 2.57 bits per heavy atom. The van der Waals surface area contributed by atoms with Gasteiger partial charge in [-0.25, -0.2) is 12.7 Å². The van der Waals surface area contributed by atoms with Crippen LogP contribution in [-0.4, -0.2) is 44.5 Å². The first-order chi connectivity index (χ1) is 10.7. The van der Waals surface area contributed by atoms with Gasteiger partial charge in [-0.05, 0) is 30.0 Å². The third-order valence-electron chi connectivity index (χ3n) is 3.30. The molecule has 7 heteroatoms. The maximum Gasteiger partial charge on any atom is 0.221 e. The van der Waals surface area contributed by atoms with Crippen LogP contribution in [0.15, 0.2) is 24.3 Å². The minimum absolute atomic E-state index is 0.130. The van der Waals surface area contributed by atoms with Gasteiger partial charge in [0.25, 0.3) is 0 Å². The molecule has 0 spiro atoms. The zero-order valence-corrected chi connectivity index (χ0v) is 15.5. The first-order valence-electron chi connectivity index (χ1n) is 7.64. The Balaban J connectivity index is 2.55. The number of hydrogen-bond acceptors (Lipinski definition) is 3. The number of nitrogens with zero attached hydrogens (tertiary/aromatic N) is 1. The fourth-order valence-corrected chi connectivity index (χ4v) is 3.08. The summed E-state index contributed by atoms with van der Waals surface area (Å²) >= 11 is 5.93. The molecule has 130 valence electrons. The molecular weight excluding hydrogens is 336 g/mol. The van der Waals surface area contributed by atoms with Crippen LogP contribution in [0.4, 0.5) is 0 Å². The first-order valence-corrected chi connectivity index (χ1v) is 9.87. The number of hydrogen-bond donors (Lipinski definition) is 1. The van der Waals surface area contributed by atoms with E-state index in [9.17, 15) is 13.2 Å². The van der Waals surface area contributed by atoms with Gasteiger partial charge in [0.1, 0.15) is 0 Å². The molecule has 1 rings (SSSR count). The molecular formula is C16H25ClN2O3S. The van der Waals surface area contributed by atoms with Gasteiger partial charge in [0.15, 0.2) is 0 Å². The van der Waals surface area contributed by atoms with Crippen LogP contribution in [-0.2, 0) is 21.2 Å². The summed E-state index contributed by atoms with van der Waals surface area (Å²) in [4.78, 5) is 11.7. The molecule has 0 aliphatic rings. The Bertz CT molecular complexity index is 618. The van der Waals surface area contributed by atoms with E-state index in [1.165, 1.54) is 4.31 Å². The summed E-state index contributed by atoms with van der Waals surface area (Å²) in [5.41, 5.74) is 0.968. The van der Waals surface area contributed by atoms with E-state index < -0.39 is 10.0 Å². The number of benzene rings is 1. The number of halogens is 1. The van der Waals surface area contributed by atoms with Crippen LogP contribution >= 0.6 is 11.6 Å². The van der Waals surface area contributed by atoms with Crippen LogP contribution in [0.25, 0.3) is 0 Å². The molecule has 0 saturated heterocycles. The lowest BCUT2D eigenvalue weighted by Gasteiger charge is -2.20. The second kappa shape index (κ2) is 9.25. The molecule has 0 aliphatic heterocycles. The van der Waals surface area contributed by atoms with Crippen molar-refractivity contribution in [3.63, 3.8) is 0 Å². The molecule has 0 bridgehead atoms. The maximum atomic E-state index is 11.9. The number of amides is 1. The fourth-order valence-electron chi connectivity index (χ4n) is 2.02. The lowest BCUT2D eigenvalue weighted by atomic mass is 10.1. The van der Waals surface area contributed by atoms with Gasteiger partial charge in [-0.1, -0.05) is 37.6 Å². The second-order valence-electron chi connectivity index (χ2n) is 5.99. The third-order valence-corrected chi connectivity index (χ3v) is 4.84. The van der Waals surface area contributed by atoms with Gasteiger partial charge in [0.2, 0.25) is 15.9 Å². The molecule has 0 fully saturated rings. The summed E-state index contributed by atoms with van der Waals surface area (Å²) < 4.78 is 25.1. The normalized spacial score (nSPS) is 11.9. The predicted molar refractivity (Wildman–Crippen MR) is 94.0 cm³/mol. The average molecular weight is 361 g/mol. The first kappa shape index (κ1) is 19.9.